The number of hydrogen-bond donors (Lipinski definition) is 1. The Bertz CT molecular complexity index is 95.1. The summed E-state index contributed by atoms with van der Waals surface area (Å²) in [6.45, 7) is 3.41. The predicted molar refractivity (Wildman–Crippen MR) is 74.8 cm³/mol. The van der Waals surface area contributed by atoms with Crippen molar-refractivity contribution in [2.75, 3.05) is 13.7 Å². The highest BCUT2D eigenvalue weighted by Crippen LogP contribution is 2.11. The molecule has 0 fully saturated rings. The Kier molecular flexibility index (Phi) is 24.1. The first-order valence-corrected chi connectivity index (χ1v) is 7.62. The van der Waals surface area contributed by atoms with Gasteiger partial charge in [0, 0.05) is 0 Å². The third kappa shape index (κ3) is 21.7. The van der Waals surface area contributed by atoms with Gasteiger partial charge in [-0.05, 0) is 12.8 Å². The van der Waals surface area contributed by atoms with Gasteiger partial charge < -0.3 is 10.8 Å². The third-order valence-corrected chi connectivity index (χ3v) is 3.10. The average molecular weight is 245 g/mol. The molecule has 0 aromatic rings. The van der Waals surface area contributed by atoms with Crippen molar-refractivity contribution in [3.05, 3.63) is 0 Å². The molecule has 0 saturated carbocycles. The zero-order chi connectivity index (χ0) is 13.2. The standard InChI is InChI=1S/C14H31N.CH3O/c1-2-3-4-5-6-7-8-9-10-11-12-13-14-15;1-2/h2-15H2,1H3;1H3/q;-1/p+1. The van der Waals surface area contributed by atoms with Gasteiger partial charge in [0.1, 0.15) is 0 Å². The summed E-state index contributed by atoms with van der Waals surface area (Å²) in [5.74, 6) is 0. The molecule has 106 valence electrons. The van der Waals surface area contributed by atoms with Gasteiger partial charge in [0.2, 0.25) is 0 Å². The van der Waals surface area contributed by atoms with E-state index >= 15 is 0 Å². The zero-order valence-electron chi connectivity index (χ0n) is 12.3. The molecule has 0 unspecified atom stereocenters. The molecule has 0 spiro atoms. The van der Waals surface area contributed by atoms with Crippen molar-refractivity contribution < 1.29 is 10.8 Å². The fourth-order valence-electron chi connectivity index (χ4n) is 2.02. The molecule has 0 aliphatic carbocycles. The molecule has 0 bridgehead atoms. The lowest BCUT2D eigenvalue weighted by atomic mass is 10.1. The van der Waals surface area contributed by atoms with Crippen LogP contribution in [0.15, 0.2) is 0 Å². The first kappa shape index (κ1) is 19.3. The van der Waals surface area contributed by atoms with Crippen molar-refractivity contribution in [3.8, 4) is 0 Å². The maximum atomic E-state index is 8.25. The third-order valence-electron chi connectivity index (χ3n) is 3.10. The van der Waals surface area contributed by atoms with E-state index in [-0.39, 0.29) is 0 Å². The molecule has 0 rings (SSSR count). The van der Waals surface area contributed by atoms with Crippen LogP contribution in [0.25, 0.3) is 0 Å². The van der Waals surface area contributed by atoms with Crippen LogP contribution in [0.3, 0.4) is 0 Å². The van der Waals surface area contributed by atoms with E-state index in [1.165, 1.54) is 77.0 Å². The van der Waals surface area contributed by atoms with Crippen molar-refractivity contribution in [2.45, 2.75) is 84.0 Å². The molecule has 17 heavy (non-hydrogen) atoms. The molecule has 0 aliphatic heterocycles. The van der Waals surface area contributed by atoms with Crippen LogP contribution in [-0.4, -0.2) is 13.7 Å². The summed E-state index contributed by atoms with van der Waals surface area (Å²) >= 11 is 0. The van der Waals surface area contributed by atoms with Crippen LogP contribution in [0.2, 0.25) is 0 Å². The second kappa shape index (κ2) is 21.2. The molecule has 0 aromatic heterocycles. The largest absolute Gasteiger partial charge is 0.857 e. The van der Waals surface area contributed by atoms with Crippen molar-refractivity contribution >= 4 is 0 Å². The molecule has 2 nitrogen and oxygen atoms in total. The minimum absolute atomic E-state index is 0.750. The highest BCUT2D eigenvalue weighted by atomic mass is 16.2. The summed E-state index contributed by atoms with van der Waals surface area (Å²) in [4.78, 5) is 0. The Hall–Kier alpha value is -0.0800. The van der Waals surface area contributed by atoms with Gasteiger partial charge in [0.05, 0.1) is 6.54 Å². The van der Waals surface area contributed by atoms with Crippen molar-refractivity contribution in [2.24, 2.45) is 0 Å². The van der Waals surface area contributed by atoms with E-state index in [0.29, 0.717) is 0 Å². The van der Waals surface area contributed by atoms with E-state index in [4.69, 9.17) is 5.11 Å². The van der Waals surface area contributed by atoms with Gasteiger partial charge in [0.15, 0.2) is 0 Å². The number of rotatable bonds is 12. The average Bonchev–Trinajstić information content (AvgIpc) is 2.38. The molecular formula is C15H35NO. The number of unbranched alkanes of at least 4 members (excludes halogenated alkanes) is 11. The summed E-state index contributed by atoms with van der Waals surface area (Å²) in [5, 5.41) is 8.25. The number of hydrogen-bond acceptors (Lipinski definition) is 1. The maximum Gasteiger partial charge on any atom is 0.0739 e. The second-order valence-corrected chi connectivity index (χ2v) is 4.74. The van der Waals surface area contributed by atoms with Crippen molar-refractivity contribution in [1.82, 2.24) is 0 Å². The van der Waals surface area contributed by atoms with Gasteiger partial charge in [-0.3, -0.25) is 0 Å². The van der Waals surface area contributed by atoms with E-state index in [9.17, 15) is 0 Å². The van der Waals surface area contributed by atoms with Crippen molar-refractivity contribution in [1.29, 1.82) is 0 Å². The monoisotopic (exact) mass is 245 g/mol. The van der Waals surface area contributed by atoms with Crippen LogP contribution in [0.1, 0.15) is 84.0 Å². The van der Waals surface area contributed by atoms with Crippen LogP contribution < -0.4 is 10.8 Å². The first-order valence-electron chi connectivity index (χ1n) is 7.62. The molecule has 3 N–H and O–H groups in total. The Morgan fingerprint density at radius 1 is 0.588 bits per heavy atom. The molecule has 0 aromatic carbocycles. The molecule has 0 radical (unpaired) electrons. The Morgan fingerprint density at radius 3 is 1.18 bits per heavy atom. The van der Waals surface area contributed by atoms with E-state index in [0.717, 1.165) is 13.7 Å². The van der Waals surface area contributed by atoms with Crippen LogP contribution in [-0.2, 0) is 0 Å². The summed E-state index contributed by atoms with van der Waals surface area (Å²) in [5.41, 5.74) is 3.87. The molecule has 0 amide bonds. The van der Waals surface area contributed by atoms with Crippen LogP contribution >= 0.6 is 0 Å². The van der Waals surface area contributed by atoms with Gasteiger partial charge in [-0.15, -0.1) is 0 Å². The molecule has 2 heteroatoms. The Labute approximate surface area is 109 Å². The van der Waals surface area contributed by atoms with Gasteiger partial charge in [-0.25, -0.2) is 0 Å². The summed E-state index contributed by atoms with van der Waals surface area (Å²) in [7, 11) is 0.750. The topological polar surface area (TPSA) is 50.7 Å². The van der Waals surface area contributed by atoms with E-state index < -0.39 is 0 Å². The minimum Gasteiger partial charge on any atom is -0.857 e. The van der Waals surface area contributed by atoms with Gasteiger partial charge in [0.25, 0.3) is 0 Å². The maximum absolute atomic E-state index is 8.25. The molecule has 0 saturated heterocycles. The van der Waals surface area contributed by atoms with Gasteiger partial charge >= 0.3 is 0 Å². The van der Waals surface area contributed by atoms with Gasteiger partial charge in [-0.2, -0.15) is 7.11 Å². The summed E-state index contributed by atoms with van der Waals surface area (Å²) < 4.78 is 0. The fourth-order valence-corrected chi connectivity index (χ4v) is 2.02. The summed E-state index contributed by atoms with van der Waals surface area (Å²) in [6.07, 6.45) is 17.2. The molecular weight excluding hydrogens is 210 g/mol. The first-order chi connectivity index (χ1) is 8.41. The van der Waals surface area contributed by atoms with Crippen LogP contribution in [0, 0.1) is 0 Å². The Morgan fingerprint density at radius 2 is 0.882 bits per heavy atom. The quantitative estimate of drug-likeness (QED) is 0.528. The van der Waals surface area contributed by atoms with E-state index in [1.54, 1.807) is 0 Å². The zero-order valence-corrected chi connectivity index (χ0v) is 12.3. The molecule has 0 heterocycles. The lowest BCUT2D eigenvalue weighted by Gasteiger charge is -2.01. The van der Waals surface area contributed by atoms with Crippen LogP contribution in [0.5, 0.6) is 0 Å². The smallest absolute Gasteiger partial charge is 0.0739 e. The highest BCUT2D eigenvalue weighted by molar-refractivity contribution is 4.47. The molecule has 0 aliphatic rings. The molecule has 0 atom stereocenters. The van der Waals surface area contributed by atoms with Crippen LogP contribution in [0.4, 0.5) is 0 Å². The fraction of sp³-hybridized carbons (Fsp3) is 1.00. The second-order valence-electron chi connectivity index (χ2n) is 4.74. The van der Waals surface area contributed by atoms with E-state index in [1.807, 2.05) is 0 Å². The lowest BCUT2D eigenvalue weighted by molar-refractivity contribution is -0.368. The number of quaternary nitrogens is 1. The minimum atomic E-state index is 0.750. The normalized spacial score (nSPS) is 9.88. The highest BCUT2D eigenvalue weighted by Gasteiger charge is 1.92. The Balaban J connectivity index is 0. The van der Waals surface area contributed by atoms with Crippen molar-refractivity contribution in [3.63, 3.8) is 0 Å². The SMILES string of the molecule is CCCCCCCCCCCCCC[NH3+].C[O-]. The summed E-state index contributed by atoms with van der Waals surface area (Å²) in [6, 6.07) is 0. The van der Waals surface area contributed by atoms with Gasteiger partial charge in [-0.1, -0.05) is 71.1 Å². The van der Waals surface area contributed by atoms with E-state index in [2.05, 4.69) is 12.7 Å². The predicted octanol–water partition coefficient (Wildman–Crippen LogP) is 2.91. The lowest BCUT2D eigenvalue weighted by Crippen LogP contribution is -2.50.